The van der Waals surface area contributed by atoms with Crippen molar-refractivity contribution < 1.29 is 9.59 Å². The number of benzene rings is 1. The van der Waals surface area contributed by atoms with Crippen LogP contribution in [0.4, 0.5) is 5.69 Å². The van der Waals surface area contributed by atoms with E-state index in [-0.39, 0.29) is 11.8 Å². The fourth-order valence-corrected chi connectivity index (χ4v) is 1.31. The standard InChI is InChI=1S/C12H16N2O2/c1-10(15)13-9-8-12(16)14(2)11-6-4-3-5-7-11/h3-7H,8-9H2,1-2H3,(H,13,15). The first-order valence-electron chi connectivity index (χ1n) is 5.17. The molecule has 0 aliphatic heterocycles. The van der Waals surface area contributed by atoms with E-state index in [0.29, 0.717) is 13.0 Å². The Balaban J connectivity index is 2.45. The van der Waals surface area contributed by atoms with Gasteiger partial charge in [0.15, 0.2) is 0 Å². The van der Waals surface area contributed by atoms with Crippen LogP contribution in [0, 0.1) is 0 Å². The van der Waals surface area contributed by atoms with Crippen LogP contribution in [0.15, 0.2) is 30.3 Å². The zero-order chi connectivity index (χ0) is 12.0. The van der Waals surface area contributed by atoms with E-state index in [1.165, 1.54) is 6.92 Å². The smallest absolute Gasteiger partial charge is 0.228 e. The van der Waals surface area contributed by atoms with Crippen LogP contribution in [-0.2, 0) is 9.59 Å². The number of amides is 2. The Hall–Kier alpha value is -1.84. The molecule has 1 rings (SSSR count). The number of nitrogens with zero attached hydrogens (tertiary/aromatic N) is 1. The minimum absolute atomic E-state index is 0.0139. The predicted octanol–water partition coefficient (Wildman–Crippen LogP) is 1.18. The summed E-state index contributed by atoms with van der Waals surface area (Å²) in [5.41, 5.74) is 0.857. The maximum absolute atomic E-state index is 11.7. The molecule has 0 spiro atoms. The van der Waals surface area contributed by atoms with Crippen LogP contribution in [-0.4, -0.2) is 25.4 Å². The second-order valence-electron chi connectivity index (χ2n) is 3.52. The molecule has 1 N–H and O–H groups in total. The molecule has 4 heteroatoms. The van der Waals surface area contributed by atoms with Gasteiger partial charge in [0.2, 0.25) is 11.8 Å². The van der Waals surface area contributed by atoms with Gasteiger partial charge < -0.3 is 10.2 Å². The van der Waals surface area contributed by atoms with Crippen molar-refractivity contribution in [2.45, 2.75) is 13.3 Å². The van der Waals surface area contributed by atoms with E-state index in [1.54, 1.807) is 11.9 Å². The highest BCUT2D eigenvalue weighted by atomic mass is 16.2. The molecule has 0 saturated heterocycles. The molecule has 2 amide bonds. The highest BCUT2D eigenvalue weighted by Crippen LogP contribution is 2.11. The van der Waals surface area contributed by atoms with Crippen LogP contribution in [0.1, 0.15) is 13.3 Å². The minimum Gasteiger partial charge on any atom is -0.356 e. The van der Waals surface area contributed by atoms with Gasteiger partial charge in [-0.15, -0.1) is 0 Å². The number of anilines is 1. The Morgan fingerprint density at radius 1 is 1.25 bits per heavy atom. The molecule has 0 radical (unpaired) electrons. The van der Waals surface area contributed by atoms with Gasteiger partial charge >= 0.3 is 0 Å². The summed E-state index contributed by atoms with van der Waals surface area (Å²) in [6.07, 6.45) is 0.310. The van der Waals surface area contributed by atoms with Crippen molar-refractivity contribution in [3.05, 3.63) is 30.3 Å². The quantitative estimate of drug-likeness (QED) is 0.828. The fraction of sp³-hybridized carbons (Fsp3) is 0.333. The molecular formula is C12H16N2O2. The summed E-state index contributed by atoms with van der Waals surface area (Å²) >= 11 is 0. The number of carbonyl (C=O) groups excluding carboxylic acids is 2. The van der Waals surface area contributed by atoms with Crippen LogP contribution < -0.4 is 10.2 Å². The predicted molar refractivity (Wildman–Crippen MR) is 63.2 cm³/mol. The van der Waals surface area contributed by atoms with Gasteiger partial charge in [-0.3, -0.25) is 9.59 Å². The maximum atomic E-state index is 11.7. The largest absolute Gasteiger partial charge is 0.356 e. The molecule has 0 aromatic heterocycles. The third kappa shape index (κ3) is 3.73. The number of hydrogen-bond acceptors (Lipinski definition) is 2. The van der Waals surface area contributed by atoms with Crippen molar-refractivity contribution in [3.8, 4) is 0 Å². The summed E-state index contributed by atoms with van der Waals surface area (Å²) < 4.78 is 0. The highest BCUT2D eigenvalue weighted by molar-refractivity contribution is 5.93. The number of hydrogen-bond donors (Lipinski definition) is 1. The third-order valence-corrected chi connectivity index (χ3v) is 2.23. The Kier molecular flexibility index (Phi) is 4.51. The topological polar surface area (TPSA) is 49.4 Å². The molecule has 0 atom stereocenters. The first kappa shape index (κ1) is 12.2. The van der Waals surface area contributed by atoms with E-state index in [2.05, 4.69) is 5.32 Å². The van der Waals surface area contributed by atoms with Crippen molar-refractivity contribution in [1.29, 1.82) is 0 Å². The van der Waals surface area contributed by atoms with Crippen molar-refractivity contribution >= 4 is 17.5 Å². The van der Waals surface area contributed by atoms with E-state index in [1.807, 2.05) is 30.3 Å². The first-order chi connectivity index (χ1) is 7.61. The van der Waals surface area contributed by atoms with E-state index in [4.69, 9.17) is 0 Å². The lowest BCUT2D eigenvalue weighted by molar-refractivity contribution is -0.119. The zero-order valence-electron chi connectivity index (χ0n) is 9.56. The van der Waals surface area contributed by atoms with E-state index >= 15 is 0 Å². The van der Waals surface area contributed by atoms with Crippen molar-refractivity contribution in [2.75, 3.05) is 18.5 Å². The van der Waals surface area contributed by atoms with E-state index < -0.39 is 0 Å². The maximum Gasteiger partial charge on any atom is 0.228 e. The molecule has 16 heavy (non-hydrogen) atoms. The average molecular weight is 220 g/mol. The summed E-state index contributed by atoms with van der Waals surface area (Å²) in [4.78, 5) is 23.9. The SMILES string of the molecule is CC(=O)NCCC(=O)N(C)c1ccccc1. The summed E-state index contributed by atoms with van der Waals surface area (Å²) in [6.45, 7) is 1.82. The Morgan fingerprint density at radius 2 is 1.88 bits per heavy atom. The number of nitrogens with one attached hydrogen (secondary N) is 1. The van der Waals surface area contributed by atoms with Gasteiger partial charge in [-0.25, -0.2) is 0 Å². The van der Waals surface area contributed by atoms with Crippen LogP contribution in [0.3, 0.4) is 0 Å². The van der Waals surface area contributed by atoms with Gasteiger partial charge in [-0.2, -0.15) is 0 Å². The van der Waals surface area contributed by atoms with Crippen LogP contribution in [0.25, 0.3) is 0 Å². The molecule has 0 heterocycles. The normalized spacial score (nSPS) is 9.62. The summed E-state index contributed by atoms with van der Waals surface area (Å²) in [6, 6.07) is 9.41. The van der Waals surface area contributed by atoms with Gasteiger partial charge in [-0.05, 0) is 12.1 Å². The summed E-state index contributed by atoms with van der Waals surface area (Å²) in [5.74, 6) is -0.130. The molecule has 0 unspecified atom stereocenters. The van der Waals surface area contributed by atoms with Crippen molar-refractivity contribution in [2.24, 2.45) is 0 Å². The number of para-hydroxylation sites is 1. The monoisotopic (exact) mass is 220 g/mol. The summed E-state index contributed by atoms with van der Waals surface area (Å²) in [7, 11) is 1.73. The Bertz CT molecular complexity index is 363. The third-order valence-electron chi connectivity index (χ3n) is 2.23. The van der Waals surface area contributed by atoms with Crippen LogP contribution in [0.2, 0.25) is 0 Å². The second kappa shape index (κ2) is 5.90. The van der Waals surface area contributed by atoms with Gasteiger partial charge in [0, 0.05) is 32.6 Å². The van der Waals surface area contributed by atoms with Crippen LogP contribution in [0.5, 0.6) is 0 Å². The lowest BCUT2D eigenvalue weighted by atomic mass is 10.2. The molecule has 0 aliphatic rings. The molecule has 4 nitrogen and oxygen atoms in total. The average Bonchev–Trinajstić information content (AvgIpc) is 2.28. The second-order valence-corrected chi connectivity index (χ2v) is 3.52. The first-order valence-corrected chi connectivity index (χ1v) is 5.17. The van der Waals surface area contributed by atoms with Gasteiger partial charge in [0.25, 0.3) is 0 Å². The molecule has 0 bridgehead atoms. The molecule has 86 valence electrons. The Morgan fingerprint density at radius 3 is 2.44 bits per heavy atom. The summed E-state index contributed by atoms with van der Waals surface area (Å²) in [5, 5.41) is 2.60. The lowest BCUT2D eigenvalue weighted by Gasteiger charge is -2.17. The van der Waals surface area contributed by atoms with Gasteiger partial charge in [0.05, 0.1) is 0 Å². The highest BCUT2D eigenvalue weighted by Gasteiger charge is 2.09. The Labute approximate surface area is 95.3 Å². The van der Waals surface area contributed by atoms with Gasteiger partial charge in [0.1, 0.15) is 0 Å². The van der Waals surface area contributed by atoms with Crippen molar-refractivity contribution in [3.63, 3.8) is 0 Å². The van der Waals surface area contributed by atoms with E-state index in [9.17, 15) is 9.59 Å². The lowest BCUT2D eigenvalue weighted by Crippen LogP contribution is -2.31. The van der Waals surface area contributed by atoms with E-state index in [0.717, 1.165) is 5.69 Å². The number of carbonyl (C=O) groups is 2. The molecule has 0 saturated carbocycles. The number of rotatable bonds is 4. The molecule has 0 fully saturated rings. The fourth-order valence-electron chi connectivity index (χ4n) is 1.31. The minimum atomic E-state index is -0.116. The molecule has 1 aromatic carbocycles. The van der Waals surface area contributed by atoms with Gasteiger partial charge in [-0.1, -0.05) is 18.2 Å². The van der Waals surface area contributed by atoms with Crippen LogP contribution >= 0.6 is 0 Å². The molecule has 1 aromatic rings. The molecular weight excluding hydrogens is 204 g/mol. The molecule has 0 aliphatic carbocycles. The van der Waals surface area contributed by atoms with Crippen molar-refractivity contribution in [1.82, 2.24) is 5.32 Å². The zero-order valence-corrected chi connectivity index (χ0v) is 9.56.